The Kier molecular flexibility index (Phi) is 2.89. The summed E-state index contributed by atoms with van der Waals surface area (Å²) in [7, 11) is 0. The van der Waals surface area contributed by atoms with Crippen molar-refractivity contribution in [3.05, 3.63) is 23.3 Å². The van der Waals surface area contributed by atoms with E-state index in [1.165, 1.54) is 11.1 Å². The molecule has 1 atom stereocenters. The molecule has 0 bridgehead atoms. The predicted molar refractivity (Wildman–Crippen MR) is 47.3 cm³/mol. The van der Waals surface area contributed by atoms with Gasteiger partial charge in [-0.3, -0.25) is 0 Å². The van der Waals surface area contributed by atoms with E-state index in [9.17, 15) is 0 Å². The minimum absolute atomic E-state index is 0.303. The third kappa shape index (κ3) is 1.54. The van der Waals surface area contributed by atoms with Crippen molar-refractivity contribution in [1.29, 1.82) is 0 Å². The zero-order valence-corrected chi connectivity index (χ0v) is 7.30. The topological polar surface area (TPSA) is 20.2 Å². The Morgan fingerprint density at radius 2 is 2.18 bits per heavy atom. The number of aliphatic hydroxyl groups excluding tert-OH is 1. The van der Waals surface area contributed by atoms with Gasteiger partial charge in [0.05, 0.1) is 0 Å². The summed E-state index contributed by atoms with van der Waals surface area (Å²) in [5.41, 5.74) is 2.78. The average Bonchev–Trinajstić information content (AvgIpc) is 2.45. The van der Waals surface area contributed by atoms with Crippen LogP contribution in [-0.2, 0) is 0 Å². The largest absolute Gasteiger partial charge is 0.396 e. The van der Waals surface area contributed by atoms with Crippen molar-refractivity contribution in [3.8, 4) is 0 Å². The lowest BCUT2D eigenvalue weighted by atomic mass is 10.0. The van der Waals surface area contributed by atoms with Crippen LogP contribution in [0.4, 0.5) is 0 Å². The molecule has 0 radical (unpaired) electrons. The van der Waals surface area contributed by atoms with Crippen LogP contribution in [0.3, 0.4) is 0 Å². The van der Waals surface area contributed by atoms with Gasteiger partial charge in [-0.2, -0.15) is 0 Å². The Hall–Kier alpha value is -0.560. The number of aliphatic hydroxyl groups is 1. The average molecular weight is 152 g/mol. The predicted octanol–water partition coefficient (Wildman–Crippen LogP) is 2.28. The smallest absolute Gasteiger partial charge is 0.0499 e. The van der Waals surface area contributed by atoms with E-state index < -0.39 is 0 Å². The van der Waals surface area contributed by atoms with Crippen molar-refractivity contribution in [3.63, 3.8) is 0 Å². The van der Waals surface area contributed by atoms with E-state index in [1.807, 2.05) is 6.92 Å². The van der Waals surface area contributed by atoms with Gasteiger partial charge in [-0.25, -0.2) is 0 Å². The fraction of sp³-hybridized carbons (Fsp3) is 0.600. The molecule has 62 valence electrons. The quantitative estimate of drug-likeness (QED) is 0.611. The SMILES string of the molecule is C/C=C1/CCC(CO)/C1=C/C. The van der Waals surface area contributed by atoms with Gasteiger partial charge in [0.25, 0.3) is 0 Å². The van der Waals surface area contributed by atoms with E-state index in [1.54, 1.807) is 0 Å². The van der Waals surface area contributed by atoms with E-state index in [0.717, 1.165) is 12.8 Å². The number of hydrogen-bond acceptors (Lipinski definition) is 1. The van der Waals surface area contributed by atoms with Crippen LogP contribution in [-0.4, -0.2) is 11.7 Å². The van der Waals surface area contributed by atoms with Crippen molar-refractivity contribution in [2.45, 2.75) is 26.7 Å². The van der Waals surface area contributed by atoms with Crippen LogP contribution < -0.4 is 0 Å². The molecule has 1 aliphatic rings. The molecule has 0 spiro atoms. The maximum atomic E-state index is 9.01. The summed E-state index contributed by atoms with van der Waals surface area (Å²) >= 11 is 0. The molecule has 11 heavy (non-hydrogen) atoms. The molecule has 0 aromatic rings. The Morgan fingerprint density at radius 3 is 2.64 bits per heavy atom. The minimum atomic E-state index is 0.303. The number of hydrogen-bond donors (Lipinski definition) is 1. The molecular formula is C10H16O. The second kappa shape index (κ2) is 3.72. The van der Waals surface area contributed by atoms with E-state index in [4.69, 9.17) is 5.11 Å². The minimum Gasteiger partial charge on any atom is -0.396 e. The highest BCUT2D eigenvalue weighted by atomic mass is 16.3. The summed E-state index contributed by atoms with van der Waals surface area (Å²) < 4.78 is 0. The highest BCUT2D eigenvalue weighted by Crippen LogP contribution is 2.35. The van der Waals surface area contributed by atoms with Gasteiger partial charge in [0.15, 0.2) is 0 Å². The van der Waals surface area contributed by atoms with Gasteiger partial charge >= 0.3 is 0 Å². The monoisotopic (exact) mass is 152 g/mol. The molecule has 0 aliphatic heterocycles. The molecule has 0 amide bonds. The Bertz CT molecular complexity index is 189. The van der Waals surface area contributed by atoms with Crippen molar-refractivity contribution in [2.75, 3.05) is 6.61 Å². The first-order valence-corrected chi connectivity index (χ1v) is 4.26. The van der Waals surface area contributed by atoms with Gasteiger partial charge in [0.2, 0.25) is 0 Å². The zero-order chi connectivity index (χ0) is 8.27. The maximum absolute atomic E-state index is 9.01. The van der Waals surface area contributed by atoms with Gasteiger partial charge in [0, 0.05) is 12.5 Å². The second-order valence-electron chi connectivity index (χ2n) is 2.98. The van der Waals surface area contributed by atoms with Crippen LogP contribution in [0.1, 0.15) is 26.7 Å². The van der Waals surface area contributed by atoms with Crippen LogP contribution >= 0.6 is 0 Å². The van der Waals surface area contributed by atoms with Gasteiger partial charge in [-0.15, -0.1) is 0 Å². The molecule has 1 nitrogen and oxygen atoms in total. The molecule has 1 heteroatoms. The molecule has 0 heterocycles. The third-order valence-corrected chi connectivity index (χ3v) is 2.45. The lowest BCUT2D eigenvalue weighted by Gasteiger charge is -2.07. The first kappa shape index (κ1) is 8.54. The van der Waals surface area contributed by atoms with Gasteiger partial charge in [-0.05, 0) is 37.8 Å². The standard InChI is InChI=1S/C10H16O/c1-3-8-5-6-9(7-11)10(8)4-2/h3-4,9,11H,5-7H2,1-2H3/b8-3-,10-4+. The lowest BCUT2D eigenvalue weighted by Crippen LogP contribution is -2.02. The van der Waals surface area contributed by atoms with E-state index in [0.29, 0.717) is 12.5 Å². The lowest BCUT2D eigenvalue weighted by molar-refractivity contribution is 0.249. The Balaban J connectivity index is 2.80. The van der Waals surface area contributed by atoms with Gasteiger partial charge < -0.3 is 5.11 Å². The zero-order valence-electron chi connectivity index (χ0n) is 7.30. The number of allylic oxidation sites excluding steroid dienone is 3. The van der Waals surface area contributed by atoms with Crippen molar-refractivity contribution in [1.82, 2.24) is 0 Å². The van der Waals surface area contributed by atoms with Crippen molar-refractivity contribution >= 4 is 0 Å². The van der Waals surface area contributed by atoms with Crippen molar-refractivity contribution in [2.24, 2.45) is 5.92 Å². The van der Waals surface area contributed by atoms with Crippen LogP contribution in [0.5, 0.6) is 0 Å². The van der Waals surface area contributed by atoms with Gasteiger partial charge in [-0.1, -0.05) is 12.2 Å². The van der Waals surface area contributed by atoms with Crippen LogP contribution in [0.25, 0.3) is 0 Å². The van der Waals surface area contributed by atoms with E-state index in [2.05, 4.69) is 19.1 Å². The number of rotatable bonds is 1. The Morgan fingerprint density at radius 1 is 1.45 bits per heavy atom. The van der Waals surface area contributed by atoms with Crippen LogP contribution in [0.2, 0.25) is 0 Å². The maximum Gasteiger partial charge on any atom is 0.0499 e. The summed E-state index contributed by atoms with van der Waals surface area (Å²) in [6.07, 6.45) is 6.55. The first-order chi connectivity index (χ1) is 5.33. The highest BCUT2D eigenvalue weighted by molar-refractivity contribution is 5.36. The van der Waals surface area contributed by atoms with Crippen LogP contribution in [0, 0.1) is 5.92 Å². The second-order valence-corrected chi connectivity index (χ2v) is 2.98. The van der Waals surface area contributed by atoms with Crippen molar-refractivity contribution < 1.29 is 5.11 Å². The molecule has 0 aromatic carbocycles. The summed E-state index contributed by atoms with van der Waals surface area (Å²) in [4.78, 5) is 0. The molecule has 1 rings (SSSR count). The van der Waals surface area contributed by atoms with E-state index >= 15 is 0 Å². The molecule has 1 fully saturated rings. The molecular weight excluding hydrogens is 136 g/mol. The summed E-state index contributed by atoms with van der Waals surface area (Å²) in [6, 6.07) is 0. The highest BCUT2D eigenvalue weighted by Gasteiger charge is 2.22. The summed E-state index contributed by atoms with van der Waals surface area (Å²) in [5, 5.41) is 9.01. The molecule has 1 unspecified atom stereocenters. The third-order valence-electron chi connectivity index (χ3n) is 2.45. The molecule has 0 saturated heterocycles. The Labute approximate surface area is 68.4 Å². The molecule has 1 saturated carbocycles. The molecule has 0 aromatic heterocycles. The van der Waals surface area contributed by atoms with E-state index in [-0.39, 0.29) is 0 Å². The first-order valence-electron chi connectivity index (χ1n) is 4.26. The fourth-order valence-electron chi connectivity index (χ4n) is 1.81. The summed E-state index contributed by atoms with van der Waals surface area (Å²) in [6.45, 7) is 4.42. The molecule has 1 N–H and O–H groups in total. The van der Waals surface area contributed by atoms with Gasteiger partial charge in [0.1, 0.15) is 0 Å². The molecule has 1 aliphatic carbocycles. The fourth-order valence-corrected chi connectivity index (χ4v) is 1.81. The summed E-state index contributed by atoms with van der Waals surface area (Å²) in [5.74, 6) is 0.409. The van der Waals surface area contributed by atoms with Crippen LogP contribution in [0.15, 0.2) is 23.3 Å². The normalized spacial score (nSPS) is 32.1.